The molecule has 5 nitrogen and oxygen atoms in total. The van der Waals surface area contributed by atoms with E-state index >= 15 is 0 Å². The lowest BCUT2D eigenvalue weighted by Crippen LogP contribution is -2.32. The van der Waals surface area contributed by atoms with Crippen LogP contribution in [0.2, 0.25) is 0 Å². The van der Waals surface area contributed by atoms with Crippen LogP contribution in [0.1, 0.15) is 24.4 Å². The van der Waals surface area contributed by atoms with E-state index in [9.17, 15) is 13.2 Å². The Morgan fingerprint density at radius 2 is 2.16 bits per heavy atom. The average molecular weight is 280 g/mol. The number of aromatic nitrogens is 2. The molecule has 1 aliphatic rings. The molecule has 1 aromatic carbocycles. The van der Waals surface area contributed by atoms with E-state index in [4.69, 9.17) is 0 Å². The smallest absolute Gasteiger partial charge is 0.306 e. The van der Waals surface area contributed by atoms with Gasteiger partial charge in [-0.1, -0.05) is 6.07 Å². The van der Waals surface area contributed by atoms with E-state index in [0.717, 1.165) is 23.0 Å². The van der Waals surface area contributed by atoms with Gasteiger partial charge in [0.25, 0.3) is 0 Å². The second-order valence-electron chi connectivity index (χ2n) is 5.23. The van der Waals surface area contributed by atoms with Crippen LogP contribution < -0.4 is 5.69 Å². The van der Waals surface area contributed by atoms with Crippen LogP contribution in [-0.2, 0) is 9.84 Å². The third kappa shape index (κ3) is 2.20. The molecule has 2 heterocycles. The first-order chi connectivity index (χ1) is 8.96. The van der Waals surface area contributed by atoms with Gasteiger partial charge in [-0.05, 0) is 37.5 Å². The first kappa shape index (κ1) is 12.5. The maximum Gasteiger partial charge on any atom is 0.326 e. The van der Waals surface area contributed by atoms with Crippen molar-refractivity contribution in [2.75, 3.05) is 11.5 Å². The third-order valence-electron chi connectivity index (χ3n) is 3.68. The molecule has 1 fully saturated rings. The van der Waals surface area contributed by atoms with Gasteiger partial charge in [-0.25, -0.2) is 13.2 Å². The molecule has 102 valence electrons. The minimum absolute atomic E-state index is 0.0633. The monoisotopic (exact) mass is 280 g/mol. The second-order valence-corrected chi connectivity index (χ2v) is 7.46. The van der Waals surface area contributed by atoms with Crippen molar-refractivity contribution in [2.24, 2.45) is 0 Å². The highest BCUT2D eigenvalue weighted by atomic mass is 32.2. The number of hydrogen-bond donors (Lipinski definition) is 1. The van der Waals surface area contributed by atoms with Crippen molar-refractivity contribution in [1.29, 1.82) is 0 Å². The summed E-state index contributed by atoms with van der Waals surface area (Å²) < 4.78 is 25.1. The Morgan fingerprint density at radius 3 is 2.89 bits per heavy atom. The van der Waals surface area contributed by atoms with Gasteiger partial charge in [0.05, 0.1) is 28.6 Å². The van der Waals surface area contributed by atoms with Gasteiger partial charge in [-0.2, -0.15) is 0 Å². The molecular weight excluding hydrogens is 264 g/mol. The highest BCUT2D eigenvalue weighted by Crippen LogP contribution is 2.25. The Hall–Kier alpha value is -1.56. The van der Waals surface area contributed by atoms with Crippen LogP contribution in [0.15, 0.2) is 23.0 Å². The average Bonchev–Trinajstić information content (AvgIpc) is 2.63. The zero-order chi connectivity index (χ0) is 13.6. The zero-order valence-electron chi connectivity index (χ0n) is 10.7. The Morgan fingerprint density at radius 1 is 1.37 bits per heavy atom. The minimum Gasteiger partial charge on any atom is -0.306 e. The van der Waals surface area contributed by atoms with Crippen molar-refractivity contribution in [3.63, 3.8) is 0 Å². The molecule has 1 atom stereocenters. The molecule has 0 spiro atoms. The number of nitrogens with zero attached hydrogens (tertiary/aromatic N) is 1. The third-order valence-corrected chi connectivity index (χ3v) is 5.48. The maximum absolute atomic E-state index is 12.1. The first-order valence-electron chi connectivity index (χ1n) is 6.37. The predicted octanol–water partition coefficient (Wildman–Crippen LogP) is 1.39. The van der Waals surface area contributed by atoms with Crippen molar-refractivity contribution in [1.82, 2.24) is 9.55 Å². The molecule has 2 aromatic rings. The Labute approximate surface area is 111 Å². The quantitative estimate of drug-likeness (QED) is 0.858. The number of nitrogens with one attached hydrogen (secondary N) is 1. The van der Waals surface area contributed by atoms with Crippen molar-refractivity contribution in [3.05, 3.63) is 34.2 Å². The van der Waals surface area contributed by atoms with Crippen LogP contribution in [0.4, 0.5) is 0 Å². The van der Waals surface area contributed by atoms with Crippen molar-refractivity contribution in [3.8, 4) is 0 Å². The molecule has 1 unspecified atom stereocenters. The summed E-state index contributed by atoms with van der Waals surface area (Å²) in [5, 5.41) is 0. The van der Waals surface area contributed by atoms with Gasteiger partial charge in [0.15, 0.2) is 9.84 Å². The van der Waals surface area contributed by atoms with E-state index in [1.165, 1.54) is 0 Å². The largest absolute Gasteiger partial charge is 0.326 e. The molecule has 0 amide bonds. The van der Waals surface area contributed by atoms with Crippen LogP contribution >= 0.6 is 0 Å². The number of benzene rings is 1. The van der Waals surface area contributed by atoms with Crippen LogP contribution in [0.5, 0.6) is 0 Å². The van der Waals surface area contributed by atoms with Gasteiger partial charge < -0.3 is 4.98 Å². The van der Waals surface area contributed by atoms with Crippen molar-refractivity contribution in [2.45, 2.75) is 25.8 Å². The molecule has 1 aliphatic heterocycles. The van der Waals surface area contributed by atoms with Crippen LogP contribution in [0.25, 0.3) is 11.0 Å². The van der Waals surface area contributed by atoms with Gasteiger partial charge in [0.2, 0.25) is 0 Å². The van der Waals surface area contributed by atoms with Crippen LogP contribution in [0.3, 0.4) is 0 Å². The topological polar surface area (TPSA) is 71.9 Å². The second kappa shape index (κ2) is 4.23. The van der Waals surface area contributed by atoms with Crippen molar-refractivity contribution < 1.29 is 8.42 Å². The maximum atomic E-state index is 12.1. The van der Waals surface area contributed by atoms with E-state index < -0.39 is 9.84 Å². The molecular formula is C13H16N2O3S. The number of sulfone groups is 1. The molecule has 19 heavy (non-hydrogen) atoms. The number of fused-ring (bicyclic) bond motifs is 1. The molecule has 0 bridgehead atoms. The normalized spacial score (nSPS) is 22.7. The molecule has 1 aromatic heterocycles. The van der Waals surface area contributed by atoms with Gasteiger partial charge >= 0.3 is 5.69 Å². The Kier molecular flexibility index (Phi) is 2.78. The Bertz CT molecular complexity index is 786. The number of rotatable bonds is 1. The summed E-state index contributed by atoms with van der Waals surface area (Å²) in [7, 11) is -3.03. The minimum atomic E-state index is -3.03. The van der Waals surface area contributed by atoms with Crippen LogP contribution in [-0.4, -0.2) is 29.5 Å². The molecule has 1 saturated heterocycles. The molecule has 1 N–H and O–H groups in total. The fourth-order valence-electron chi connectivity index (χ4n) is 2.80. The lowest BCUT2D eigenvalue weighted by atomic mass is 10.1. The molecule has 3 rings (SSSR count). The van der Waals surface area contributed by atoms with Gasteiger partial charge in [0, 0.05) is 0 Å². The fourth-order valence-corrected chi connectivity index (χ4v) is 4.47. The molecule has 0 aliphatic carbocycles. The number of imidazole rings is 1. The molecule has 0 saturated carbocycles. The SMILES string of the molecule is Cc1ccc2[nH]c(=O)n(C3CCCS(=O)(=O)C3)c2c1. The lowest BCUT2D eigenvalue weighted by Gasteiger charge is -2.23. The molecule has 0 radical (unpaired) electrons. The number of hydrogen-bond acceptors (Lipinski definition) is 3. The Balaban J connectivity index is 2.16. The van der Waals surface area contributed by atoms with Crippen molar-refractivity contribution >= 4 is 20.9 Å². The highest BCUT2D eigenvalue weighted by Gasteiger charge is 2.28. The lowest BCUT2D eigenvalue weighted by molar-refractivity contribution is 0.470. The van der Waals surface area contributed by atoms with E-state index in [0.29, 0.717) is 6.42 Å². The summed E-state index contributed by atoms with van der Waals surface area (Å²) in [6.07, 6.45) is 1.36. The zero-order valence-corrected chi connectivity index (χ0v) is 11.5. The first-order valence-corrected chi connectivity index (χ1v) is 8.20. The summed E-state index contributed by atoms with van der Waals surface area (Å²) in [5.74, 6) is 0.299. The predicted molar refractivity (Wildman–Crippen MR) is 74.2 cm³/mol. The standard InChI is InChI=1S/C13H16N2O3S/c1-9-4-5-11-12(7-9)15(13(16)14-11)10-3-2-6-19(17,18)8-10/h4-5,7,10H,2-3,6,8H2,1H3,(H,14,16). The highest BCUT2D eigenvalue weighted by molar-refractivity contribution is 7.91. The van der Waals surface area contributed by atoms with Gasteiger partial charge in [-0.3, -0.25) is 4.57 Å². The van der Waals surface area contributed by atoms with E-state index in [-0.39, 0.29) is 23.2 Å². The number of aryl methyl sites for hydroxylation is 1. The van der Waals surface area contributed by atoms with Gasteiger partial charge in [0.1, 0.15) is 0 Å². The van der Waals surface area contributed by atoms with Crippen LogP contribution in [0, 0.1) is 6.92 Å². The summed E-state index contributed by atoms with van der Waals surface area (Å²) in [4.78, 5) is 14.9. The summed E-state index contributed by atoms with van der Waals surface area (Å²) in [6, 6.07) is 5.47. The van der Waals surface area contributed by atoms with E-state index in [1.54, 1.807) is 4.57 Å². The number of H-pyrrole nitrogens is 1. The fraction of sp³-hybridized carbons (Fsp3) is 0.462. The van der Waals surface area contributed by atoms with E-state index in [1.807, 2.05) is 25.1 Å². The summed E-state index contributed by atoms with van der Waals surface area (Å²) in [5.41, 5.74) is 2.40. The molecule has 6 heteroatoms. The van der Waals surface area contributed by atoms with E-state index in [2.05, 4.69) is 4.98 Å². The summed E-state index contributed by atoms with van der Waals surface area (Å²) in [6.45, 7) is 1.96. The van der Waals surface area contributed by atoms with Gasteiger partial charge in [-0.15, -0.1) is 0 Å². The summed E-state index contributed by atoms with van der Waals surface area (Å²) >= 11 is 0. The number of aromatic amines is 1.